The monoisotopic (exact) mass is 273 g/mol. The van der Waals surface area contributed by atoms with Gasteiger partial charge in [-0.25, -0.2) is 0 Å². The van der Waals surface area contributed by atoms with E-state index in [1.807, 2.05) is 18.7 Å². The third-order valence-corrected chi connectivity index (χ3v) is 2.72. The highest BCUT2D eigenvalue weighted by Crippen LogP contribution is 2.08. The van der Waals surface area contributed by atoms with Crippen LogP contribution >= 0.6 is 15.9 Å². The molecule has 0 spiro atoms. The highest BCUT2D eigenvalue weighted by atomic mass is 79.9. The van der Waals surface area contributed by atoms with Crippen LogP contribution in [-0.4, -0.2) is 38.9 Å². The van der Waals surface area contributed by atoms with Gasteiger partial charge >= 0.3 is 0 Å². The molecule has 0 atom stereocenters. The highest BCUT2D eigenvalue weighted by molar-refractivity contribution is 9.09. The molecule has 0 unspecified atom stereocenters. The standard InChI is InChI=1S/C10H16BrN3O/c1-8(2)14(5-3-4-11)10(15)9-6-12-13-7-9/h6-8H,3-5H2,1-2H3,(H,12,13). The number of H-pyrrole nitrogens is 1. The van der Waals surface area contributed by atoms with Gasteiger partial charge in [0.1, 0.15) is 0 Å². The summed E-state index contributed by atoms with van der Waals surface area (Å²) in [6.07, 6.45) is 4.15. The van der Waals surface area contributed by atoms with Gasteiger partial charge in [-0.05, 0) is 20.3 Å². The Morgan fingerprint density at radius 2 is 2.40 bits per heavy atom. The van der Waals surface area contributed by atoms with Crippen molar-refractivity contribution in [3.8, 4) is 0 Å². The SMILES string of the molecule is CC(C)N(CCCBr)C(=O)c1cn[nH]c1. The maximum atomic E-state index is 12.0. The summed E-state index contributed by atoms with van der Waals surface area (Å²) in [6.45, 7) is 4.81. The van der Waals surface area contributed by atoms with E-state index in [-0.39, 0.29) is 11.9 Å². The van der Waals surface area contributed by atoms with Gasteiger partial charge in [0.15, 0.2) is 0 Å². The maximum absolute atomic E-state index is 12.0. The van der Waals surface area contributed by atoms with E-state index in [4.69, 9.17) is 0 Å². The Kier molecular flexibility index (Phi) is 4.81. The van der Waals surface area contributed by atoms with E-state index in [0.29, 0.717) is 5.56 Å². The van der Waals surface area contributed by atoms with Crippen LogP contribution in [0, 0.1) is 0 Å². The minimum Gasteiger partial charge on any atom is -0.336 e. The van der Waals surface area contributed by atoms with Crippen molar-refractivity contribution in [1.29, 1.82) is 0 Å². The van der Waals surface area contributed by atoms with Crippen LogP contribution in [0.1, 0.15) is 30.6 Å². The number of hydrogen-bond donors (Lipinski definition) is 1. The summed E-state index contributed by atoms with van der Waals surface area (Å²) in [5.74, 6) is 0.0414. The number of nitrogens with zero attached hydrogens (tertiary/aromatic N) is 2. The first kappa shape index (κ1) is 12.2. The first-order valence-corrected chi connectivity index (χ1v) is 6.14. The number of aromatic amines is 1. The van der Waals surface area contributed by atoms with Gasteiger partial charge in [0.25, 0.3) is 5.91 Å². The Labute approximate surface area is 98.2 Å². The number of nitrogens with one attached hydrogen (secondary N) is 1. The Morgan fingerprint density at radius 1 is 1.67 bits per heavy atom. The molecule has 4 nitrogen and oxygen atoms in total. The zero-order chi connectivity index (χ0) is 11.3. The van der Waals surface area contributed by atoms with Crippen LogP contribution in [0.3, 0.4) is 0 Å². The summed E-state index contributed by atoms with van der Waals surface area (Å²) in [5, 5.41) is 7.35. The fourth-order valence-electron chi connectivity index (χ4n) is 1.36. The molecule has 0 saturated heterocycles. The van der Waals surface area contributed by atoms with Gasteiger partial charge in [-0.2, -0.15) is 5.10 Å². The molecule has 1 aromatic heterocycles. The third-order valence-electron chi connectivity index (χ3n) is 2.16. The Hall–Kier alpha value is -0.840. The first-order valence-electron chi connectivity index (χ1n) is 5.02. The smallest absolute Gasteiger partial charge is 0.257 e. The van der Waals surface area contributed by atoms with Crippen molar-refractivity contribution in [3.63, 3.8) is 0 Å². The van der Waals surface area contributed by atoms with Crippen LogP contribution < -0.4 is 0 Å². The van der Waals surface area contributed by atoms with Crippen molar-refractivity contribution >= 4 is 21.8 Å². The normalized spacial score (nSPS) is 10.7. The van der Waals surface area contributed by atoms with Crippen LogP contribution in [0.15, 0.2) is 12.4 Å². The average molecular weight is 274 g/mol. The lowest BCUT2D eigenvalue weighted by Gasteiger charge is -2.25. The zero-order valence-corrected chi connectivity index (χ0v) is 10.6. The summed E-state index contributed by atoms with van der Waals surface area (Å²) in [7, 11) is 0. The van der Waals surface area contributed by atoms with Gasteiger partial charge in [-0.1, -0.05) is 15.9 Å². The van der Waals surface area contributed by atoms with E-state index in [0.717, 1.165) is 18.3 Å². The van der Waals surface area contributed by atoms with E-state index in [1.54, 1.807) is 12.4 Å². The van der Waals surface area contributed by atoms with E-state index in [2.05, 4.69) is 26.1 Å². The molecule has 5 heteroatoms. The molecule has 1 heterocycles. The number of rotatable bonds is 5. The largest absolute Gasteiger partial charge is 0.336 e. The molecule has 0 fully saturated rings. The fraction of sp³-hybridized carbons (Fsp3) is 0.600. The number of carbonyl (C=O) groups is 1. The van der Waals surface area contributed by atoms with Gasteiger partial charge in [0.2, 0.25) is 0 Å². The molecule has 0 saturated carbocycles. The predicted octanol–water partition coefficient (Wildman–Crippen LogP) is 2.05. The summed E-state index contributed by atoms with van der Waals surface area (Å²) in [5.41, 5.74) is 0.623. The molecule has 0 bridgehead atoms. The number of hydrogen-bond acceptors (Lipinski definition) is 2. The molecule has 0 aromatic carbocycles. The number of alkyl halides is 1. The summed E-state index contributed by atoms with van der Waals surface area (Å²) in [6, 6.07) is 0.214. The molecule has 0 radical (unpaired) electrons. The Bertz CT molecular complexity index is 298. The molecule has 1 aromatic rings. The number of amides is 1. The minimum absolute atomic E-state index is 0.0414. The van der Waals surface area contributed by atoms with Crippen LogP contribution in [0.2, 0.25) is 0 Å². The van der Waals surface area contributed by atoms with Crippen molar-refractivity contribution < 1.29 is 4.79 Å². The summed E-state index contributed by atoms with van der Waals surface area (Å²) < 4.78 is 0. The molecule has 1 N–H and O–H groups in total. The maximum Gasteiger partial charge on any atom is 0.257 e. The Balaban J connectivity index is 2.67. The van der Waals surface area contributed by atoms with Gasteiger partial charge in [0.05, 0.1) is 11.8 Å². The highest BCUT2D eigenvalue weighted by Gasteiger charge is 2.18. The zero-order valence-electron chi connectivity index (χ0n) is 9.03. The van der Waals surface area contributed by atoms with Crippen LogP contribution in [0.25, 0.3) is 0 Å². The lowest BCUT2D eigenvalue weighted by atomic mass is 10.2. The lowest BCUT2D eigenvalue weighted by Crippen LogP contribution is -2.37. The molecule has 15 heavy (non-hydrogen) atoms. The summed E-state index contributed by atoms with van der Waals surface area (Å²) in [4.78, 5) is 13.9. The van der Waals surface area contributed by atoms with Crippen LogP contribution in [0.4, 0.5) is 0 Å². The van der Waals surface area contributed by atoms with E-state index < -0.39 is 0 Å². The van der Waals surface area contributed by atoms with Gasteiger partial charge < -0.3 is 4.90 Å². The second-order valence-electron chi connectivity index (χ2n) is 3.62. The molecular weight excluding hydrogens is 258 g/mol. The van der Waals surface area contributed by atoms with Gasteiger partial charge in [-0.3, -0.25) is 9.89 Å². The molecule has 1 amide bonds. The third kappa shape index (κ3) is 3.34. The molecular formula is C10H16BrN3O. The van der Waals surface area contributed by atoms with Crippen LogP contribution in [-0.2, 0) is 0 Å². The lowest BCUT2D eigenvalue weighted by molar-refractivity contribution is 0.0707. The Morgan fingerprint density at radius 3 is 2.87 bits per heavy atom. The number of carbonyl (C=O) groups excluding carboxylic acids is 1. The fourth-order valence-corrected chi connectivity index (χ4v) is 1.61. The average Bonchev–Trinajstić information content (AvgIpc) is 2.70. The van der Waals surface area contributed by atoms with E-state index >= 15 is 0 Å². The molecule has 84 valence electrons. The second kappa shape index (κ2) is 5.90. The van der Waals surface area contributed by atoms with E-state index in [1.165, 1.54) is 0 Å². The van der Waals surface area contributed by atoms with Crippen molar-refractivity contribution in [2.24, 2.45) is 0 Å². The second-order valence-corrected chi connectivity index (χ2v) is 4.41. The molecule has 0 aliphatic carbocycles. The van der Waals surface area contributed by atoms with E-state index in [9.17, 15) is 4.79 Å². The minimum atomic E-state index is 0.0414. The van der Waals surface area contributed by atoms with Crippen molar-refractivity contribution in [2.45, 2.75) is 26.3 Å². The van der Waals surface area contributed by atoms with Crippen molar-refractivity contribution in [1.82, 2.24) is 15.1 Å². The van der Waals surface area contributed by atoms with Crippen molar-refractivity contribution in [3.05, 3.63) is 18.0 Å². The van der Waals surface area contributed by atoms with Crippen LogP contribution in [0.5, 0.6) is 0 Å². The molecule has 1 rings (SSSR count). The predicted molar refractivity (Wildman–Crippen MR) is 63.2 cm³/mol. The van der Waals surface area contributed by atoms with Crippen molar-refractivity contribution in [2.75, 3.05) is 11.9 Å². The molecule has 0 aliphatic heterocycles. The summed E-state index contributed by atoms with van der Waals surface area (Å²) >= 11 is 3.37. The number of halogens is 1. The molecule has 0 aliphatic rings. The van der Waals surface area contributed by atoms with Gasteiger partial charge in [-0.15, -0.1) is 0 Å². The topological polar surface area (TPSA) is 49.0 Å². The first-order chi connectivity index (χ1) is 7.16. The quantitative estimate of drug-likeness (QED) is 0.835. The van der Waals surface area contributed by atoms with Gasteiger partial charge in [0, 0.05) is 24.1 Å². The number of aromatic nitrogens is 2.